The van der Waals surface area contributed by atoms with E-state index < -0.39 is 0 Å². The Kier molecular flexibility index (Phi) is 11.2. The molecule has 1 heterocycles. The van der Waals surface area contributed by atoms with E-state index in [1.807, 2.05) is 24.3 Å². The summed E-state index contributed by atoms with van der Waals surface area (Å²) in [6.07, 6.45) is 3.17. The first-order valence-corrected chi connectivity index (χ1v) is 10.6. The van der Waals surface area contributed by atoms with Gasteiger partial charge in [0.25, 0.3) is 0 Å². The molecule has 0 atom stereocenters. The lowest BCUT2D eigenvalue weighted by atomic mass is 10.0. The third kappa shape index (κ3) is 9.98. The topological polar surface area (TPSA) is 64.1 Å². The van der Waals surface area contributed by atoms with Crippen LogP contribution in [-0.4, -0.2) is 58.6 Å². The molecule has 1 fully saturated rings. The van der Waals surface area contributed by atoms with E-state index in [0.717, 1.165) is 75.0 Å². The van der Waals surface area contributed by atoms with Gasteiger partial charge in [0, 0.05) is 44.0 Å². The van der Waals surface area contributed by atoms with Gasteiger partial charge in [-0.15, -0.1) is 0 Å². The fourth-order valence-electron chi connectivity index (χ4n) is 2.73. The Morgan fingerprint density at radius 3 is 2.70 bits per heavy atom. The number of hydrogen-bond donors (Lipinski definition) is 2. The Labute approximate surface area is 171 Å². The van der Waals surface area contributed by atoms with E-state index in [9.17, 15) is 0 Å². The highest BCUT2D eigenvalue weighted by molar-refractivity contribution is 9.10. The lowest BCUT2D eigenvalue weighted by molar-refractivity contribution is 0.0205. The minimum absolute atomic E-state index is 0.584. The van der Waals surface area contributed by atoms with Crippen molar-refractivity contribution in [3.8, 4) is 5.75 Å². The van der Waals surface area contributed by atoms with Crippen LogP contribution in [0, 0.1) is 5.92 Å². The summed E-state index contributed by atoms with van der Waals surface area (Å²) in [6.45, 7) is 8.28. The predicted octanol–water partition coefficient (Wildman–Crippen LogP) is 3.22. The minimum Gasteiger partial charge on any atom is -0.492 e. The van der Waals surface area contributed by atoms with E-state index in [-0.39, 0.29) is 0 Å². The van der Waals surface area contributed by atoms with Crippen LogP contribution in [0.2, 0.25) is 0 Å². The SMILES string of the molecule is CCNC(=NCCCOCC1CCOCC1)NCCOc1ccc(Br)cc1. The number of halogens is 1. The molecule has 0 saturated carbocycles. The van der Waals surface area contributed by atoms with Crippen molar-refractivity contribution in [2.45, 2.75) is 26.2 Å². The zero-order chi connectivity index (χ0) is 19.2. The van der Waals surface area contributed by atoms with Gasteiger partial charge in [0.2, 0.25) is 0 Å². The molecule has 2 N–H and O–H groups in total. The Bertz CT molecular complexity index is 534. The smallest absolute Gasteiger partial charge is 0.191 e. The van der Waals surface area contributed by atoms with Crippen molar-refractivity contribution in [1.29, 1.82) is 0 Å². The third-order valence-electron chi connectivity index (χ3n) is 4.23. The van der Waals surface area contributed by atoms with Gasteiger partial charge < -0.3 is 24.8 Å². The number of benzene rings is 1. The molecule has 1 aromatic rings. The molecular formula is C20H32BrN3O3. The van der Waals surface area contributed by atoms with Crippen molar-refractivity contribution in [2.75, 3.05) is 52.7 Å². The van der Waals surface area contributed by atoms with Crippen LogP contribution in [0.4, 0.5) is 0 Å². The summed E-state index contributed by atoms with van der Waals surface area (Å²) in [5.74, 6) is 2.34. The van der Waals surface area contributed by atoms with Crippen LogP contribution in [0.3, 0.4) is 0 Å². The van der Waals surface area contributed by atoms with Crippen LogP contribution >= 0.6 is 15.9 Å². The normalized spacial score (nSPS) is 15.6. The molecule has 0 amide bonds. The van der Waals surface area contributed by atoms with E-state index >= 15 is 0 Å². The molecule has 6 nitrogen and oxygen atoms in total. The zero-order valence-corrected chi connectivity index (χ0v) is 17.8. The molecule has 1 aliphatic heterocycles. The Balaban J connectivity index is 1.55. The molecule has 0 bridgehead atoms. The number of nitrogens with zero attached hydrogens (tertiary/aromatic N) is 1. The molecule has 7 heteroatoms. The van der Waals surface area contributed by atoms with Gasteiger partial charge in [-0.2, -0.15) is 0 Å². The largest absolute Gasteiger partial charge is 0.492 e. The highest BCUT2D eigenvalue weighted by atomic mass is 79.9. The number of nitrogens with one attached hydrogen (secondary N) is 2. The van der Waals surface area contributed by atoms with Gasteiger partial charge in [-0.3, -0.25) is 4.99 Å². The molecule has 1 aliphatic rings. The predicted molar refractivity (Wildman–Crippen MR) is 113 cm³/mol. The highest BCUT2D eigenvalue weighted by Crippen LogP contribution is 2.16. The molecular weight excluding hydrogens is 410 g/mol. The average Bonchev–Trinajstić information content (AvgIpc) is 2.70. The van der Waals surface area contributed by atoms with Gasteiger partial charge in [0.1, 0.15) is 12.4 Å². The van der Waals surface area contributed by atoms with Crippen LogP contribution in [0.5, 0.6) is 5.75 Å². The third-order valence-corrected chi connectivity index (χ3v) is 4.76. The van der Waals surface area contributed by atoms with Crippen molar-refractivity contribution in [1.82, 2.24) is 10.6 Å². The van der Waals surface area contributed by atoms with E-state index in [2.05, 4.69) is 38.5 Å². The van der Waals surface area contributed by atoms with Gasteiger partial charge in [0.15, 0.2) is 5.96 Å². The summed E-state index contributed by atoms with van der Waals surface area (Å²) in [5, 5.41) is 6.55. The lowest BCUT2D eigenvalue weighted by Crippen LogP contribution is -2.39. The fraction of sp³-hybridized carbons (Fsp3) is 0.650. The molecule has 0 aromatic heterocycles. The maximum Gasteiger partial charge on any atom is 0.191 e. The number of hydrogen-bond acceptors (Lipinski definition) is 4. The molecule has 0 spiro atoms. The van der Waals surface area contributed by atoms with Crippen LogP contribution in [0.15, 0.2) is 33.7 Å². The van der Waals surface area contributed by atoms with Crippen molar-refractivity contribution in [2.24, 2.45) is 10.9 Å². The van der Waals surface area contributed by atoms with Crippen LogP contribution in [-0.2, 0) is 9.47 Å². The van der Waals surface area contributed by atoms with Gasteiger partial charge in [-0.25, -0.2) is 0 Å². The van der Waals surface area contributed by atoms with E-state index in [4.69, 9.17) is 14.2 Å². The monoisotopic (exact) mass is 441 g/mol. The Morgan fingerprint density at radius 2 is 1.96 bits per heavy atom. The Hall–Kier alpha value is -1.31. The van der Waals surface area contributed by atoms with Crippen LogP contribution in [0.1, 0.15) is 26.2 Å². The summed E-state index contributed by atoms with van der Waals surface area (Å²) >= 11 is 3.42. The van der Waals surface area contributed by atoms with Crippen molar-refractivity contribution >= 4 is 21.9 Å². The van der Waals surface area contributed by atoms with Crippen molar-refractivity contribution in [3.63, 3.8) is 0 Å². The second-order valence-corrected chi connectivity index (χ2v) is 7.39. The van der Waals surface area contributed by atoms with Gasteiger partial charge >= 0.3 is 0 Å². The number of rotatable bonds is 11. The second kappa shape index (κ2) is 13.8. The molecule has 27 heavy (non-hydrogen) atoms. The van der Waals surface area contributed by atoms with Crippen molar-refractivity contribution < 1.29 is 14.2 Å². The maximum absolute atomic E-state index is 5.78. The quantitative estimate of drug-likeness (QED) is 0.313. The van der Waals surface area contributed by atoms with E-state index in [1.54, 1.807) is 0 Å². The molecule has 0 aliphatic carbocycles. The summed E-state index contributed by atoms with van der Waals surface area (Å²) in [7, 11) is 0. The van der Waals surface area contributed by atoms with E-state index in [0.29, 0.717) is 19.1 Å². The maximum atomic E-state index is 5.78. The number of ether oxygens (including phenoxy) is 3. The highest BCUT2D eigenvalue weighted by Gasteiger charge is 2.13. The molecule has 152 valence electrons. The van der Waals surface area contributed by atoms with Gasteiger partial charge in [-0.1, -0.05) is 15.9 Å². The van der Waals surface area contributed by atoms with Gasteiger partial charge in [-0.05, 0) is 56.4 Å². The molecule has 2 rings (SSSR count). The Morgan fingerprint density at radius 1 is 1.19 bits per heavy atom. The first kappa shape index (κ1) is 22.0. The van der Waals surface area contributed by atoms with Crippen LogP contribution < -0.4 is 15.4 Å². The zero-order valence-electron chi connectivity index (χ0n) is 16.2. The summed E-state index contributed by atoms with van der Waals surface area (Å²) in [5.41, 5.74) is 0. The standard InChI is InChI=1S/C20H32BrN3O3/c1-2-22-20(24-11-15-27-19-6-4-18(21)5-7-19)23-10-3-12-26-16-17-8-13-25-14-9-17/h4-7,17H,2-3,8-16H2,1H3,(H2,22,23,24). The van der Waals surface area contributed by atoms with Crippen LogP contribution in [0.25, 0.3) is 0 Å². The summed E-state index contributed by atoms with van der Waals surface area (Å²) < 4.78 is 17.9. The molecule has 0 unspecified atom stereocenters. The van der Waals surface area contributed by atoms with Gasteiger partial charge in [0.05, 0.1) is 6.54 Å². The first-order chi connectivity index (χ1) is 13.3. The summed E-state index contributed by atoms with van der Waals surface area (Å²) in [6, 6.07) is 7.84. The van der Waals surface area contributed by atoms with E-state index in [1.165, 1.54) is 0 Å². The lowest BCUT2D eigenvalue weighted by Gasteiger charge is -2.21. The summed E-state index contributed by atoms with van der Waals surface area (Å²) in [4.78, 5) is 4.59. The first-order valence-electron chi connectivity index (χ1n) is 9.84. The molecule has 0 radical (unpaired) electrons. The average molecular weight is 442 g/mol. The second-order valence-electron chi connectivity index (χ2n) is 6.47. The fourth-order valence-corrected chi connectivity index (χ4v) is 3.00. The minimum atomic E-state index is 0.584. The molecule has 1 saturated heterocycles. The number of aliphatic imine (C=N–C) groups is 1. The number of guanidine groups is 1. The molecule has 1 aromatic carbocycles. The van der Waals surface area contributed by atoms with Crippen molar-refractivity contribution in [3.05, 3.63) is 28.7 Å².